The summed E-state index contributed by atoms with van der Waals surface area (Å²) in [5.74, 6) is 0. The molecule has 0 aliphatic carbocycles. The van der Waals surface area contributed by atoms with Crippen molar-refractivity contribution in [3.8, 4) is 0 Å². The van der Waals surface area contributed by atoms with Gasteiger partial charge in [-0.15, -0.1) is 0 Å². The van der Waals surface area contributed by atoms with E-state index in [1.807, 2.05) is 0 Å². The van der Waals surface area contributed by atoms with Crippen molar-refractivity contribution in [1.29, 1.82) is 0 Å². The van der Waals surface area contributed by atoms with E-state index in [9.17, 15) is 21.6 Å². The van der Waals surface area contributed by atoms with Gasteiger partial charge in [0.1, 0.15) is 0 Å². The van der Waals surface area contributed by atoms with Crippen LogP contribution < -0.4 is 10.5 Å². The molecule has 0 spiro atoms. The second kappa shape index (κ2) is 6.60. The fourth-order valence-electron chi connectivity index (χ4n) is 1.21. The summed E-state index contributed by atoms with van der Waals surface area (Å²) in [5.41, 5.74) is 0.842. The van der Waals surface area contributed by atoms with Crippen LogP contribution in [0.5, 0.6) is 0 Å². The Labute approximate surface area is 113 Å². The molecule has 1 rings (SSSR count). The molecule has 9 heteroatoms. The minimum atomic E-state index is -4.39. The van der Waals surface area contributed by atoms with Crippen LogP contribution in [0.4, 0.5) is 13.2 Å². The summed E-state index contributed by atoms with van der Waals surface area (Å²) in [6, 6.07) is 4.52. The molecular formula is C10H13F3N2O2S2. The zero-order chi connectivity index (χ0) is 14.5. The number of hydrogen-bond acceptors (Lipinski definition) is 4. The molecule has 0 saturated carbocycles. The van der Waals surface area contributed by atoms with Crippen molar-refractivity contribution in [3.63, 3.8) is 0 Å². The van der Waals surface area contributed by atoms with E-state index in [-0.39, 0.29) is 28.1 Å². The first-order chi connectivity index (χ1) is 8.74. The maximum absolute atomic E-state index is 12.1. The maximum atomic E-state index is 12.1. The minimum Gasteiger partial charge on any atom is -0.330 e. The lowest BCUT2D eigenvalue weighted by atomic mass is 10.4. The van der Waals surface area contributed by atoms with Gasteiger partial charge >= 0.3 is 5.51 Å². The van der Waals surface area contributed by atoms with Crippen LogP contribution in [0.3, 0.4) is 0 Å². The van der Waals surface area contributed by atoms with Crippen molar-refractivity contribution in [2.24, 2.45) is 5.73 Å². The van der Waals surface area contributed by atoms with Crippen LogP contribution in [-0.4, -0.2) is 27.0 Å². The Kier molecular flexibility index (Phi) is 5.65. The molecule has 0 fully saturated rings. The van der Waals surface area contributed by atoms with Gasteiger partial charge < -0.3 is 5.73 Å². The molecule has 1 aromatic carbocycles. The molecular weight excluding hydrogens is 301 g/mol. The van der Waals surface area contributed by atoms with E-state index in [4.69, 9.17) is 5.73 Å². The Morgan fingerprint density at radius 1 is 1.21 bits per heavy atom. The SMILES string of the molecule is NCCCNS(=O)(=O)c1ccc(SC(F)(F)F)cc1. The third-order valence-corrected chi connectivity index (χ3v) is 4.26. The average molecular weight is 314 g/mol. The predicted molar refractivity (Wildman–Crippen MR) is 67.2 cm³/mol. The van der Waals surface area contributed by atoms with Crippen LogP contribution in [0.15, 0.2) is 34.1 Å². The molecule has 108 valence electrons. The van der Waals surface area contributed by atoms with Crippen molar-refractivity contribution in [2.45, 2.75) is 21.7 Å². The van der Waals surface area contributed by atoms with E-state index in [2.05, 4.69) is 4.72 Å². The van der Waals surface area contributed by atoms with E-state index >= 15 is 0 Å². The number of sulfonamides is 1. The normalized spacial score (nSPS) is 12.6. The topological polar surface area (TPSA) is 72.2 Å². The number of alkyl halides is 3. The van der Waals surface area contributed by atoms with Gasteiger partial charge in [0.2, 0.25) is 10.0 Å². The molecule has 0 aliphatic heterocycles. The number of thioether (sulfide) groups is 1. The second-order valence-electron chi connectivity index (χ2n) is 3.56. The summed E-state index contributed by atoms with van der Waals surface area (Å²) in [6.45, 7) is 0.543. The van der Waals surface area contributed by atoms with Crippen LogP contribution >= 0.6 is 11.8 Å². The van der Waals surface area contributed by atoms with E-state index in [0.717, 1.165) is 24.3 Å². The van der Waals surface area contributed by atoms with Gasteiger partial charge in [-0.25, -0.2) is 13.1 Å². The highest BCUT2D eigenvalue weighted by Crippen LogP contribution is 2.36. The zero-order valence-corrected chi connectivity index (χ0v) is 11.4. The van der Waals surface area contributed by atoms with Gasteiger partial charge in [-0.3, -0.25) is 0 Å². The molecule has 0 aliphatic rings. The summed E-state index contributed by atoms with van der Waals surface area (Å²) >= 11 is -0.290. The predicted octanol–water partition coefficient (Wildman–Crippen LogP) is 1.93. The fraction of sp³-hybridized carbons (Fsp3) is 0.400. The monoisotopic (exact) mass is 314 g/mol. The van der Waals surface area contributed by atoms with Crippen LogP contribution in [-0.2, 0) is 10.0 Å². The highest BCUT2D eigenvalue weighted by Gasteiger charge is 2.29. The number of halogens is 3. The second-order valence-corrected chi connectivity index (χ2v) is 6.46. The molecule has 0 amide bonds. The number of benzene rings is 1. The van der Waals surface area contributed by atoms with Gasteiger partial charge in [0, 0.05) is 11.4 Å². The first kappa shape index (κ1) is 16.3. The summed E-state index contributed by atoms with van der Waals surface area (Å²) in [5, 5.41) is 0. The lowest BCUT2D eigenvalue weighted by molar-refractivity contribution is -0.0328. The highest BCUT2D eigenvalue weighted by molar-refractivity contribution is 8.00. The van der Waals surface area contributed by atoms with Gasteiger partial charge in [-0.05, 0) is 49.0 Å². The smallest absolute Gasteiger partial charge is 0.330 e. The quantitative estimate of drug-likeness (QED) is 0.621. The Bertz CT molecular complexity index is 501. The molecule has 0 atom stereocenters. The molecule has 3 N–H and O–H groups in total. The largest absolute Gasteiger partial charge is 0.446 e. The standard InChI is InChI=1S/C10H13F3N2O2S2/c11-10(12,13)18-8-2-4-9(5-3-8)19(16,17)15-7-1-6-14/h2-5,15H,1,6-7,14H2. The van der Waals surface area contributed by atoms with Crippen molar-refractivity contribution in [1.82, 2.24) is 4.72 Å². The number of rotatable bonds is 6. The van der Waals surface area contributed by atoms with Gasteiger partial charge in [-0.2, -0.15) is 13.2 Å². The average Bonchev–Trinajstić information content (AvgIpc) is 2.27. The molecule has 4 nitrogen and oxygen atoms in total. The van der Waals surface area contributed by atoms with Crippen molar-refractivity contribution in [2.75, 3.05) is 13.1 Å². The van der Waals surface area contributed by atoms with E-state index < -0.39 is 15.5 Å². The molecule has 1 aromatic rings. The van der Waals surface area contributed by atoms with Crippen molar-refractivity contribution < 1.29 is 21.6 Å². The van der Waals surface area contributed by atoms with E-state index in [1.165, 1.54) is 0 Å². The van der Waals surface area contributed by atoms with Gasteiger partial charge in [0.15, 0.2) is 0 Å². The highest BCUT2D eigenvalue weighted by atomic mass is 32.2. The molecule has 0 bridgehead atoms. The molecule has 19 heavy (non-hydrogen) atoms. The maximum Gasteiger partial charge on any atom is 0.446 e. The van der Waals surface area contributed by atoms with E-state index in [1.54, 1.807) is 0 Å². The summed E-state index contributed by atoms with van der Waals surface area (Å²) in [7, 11) is -3.69. The third-order valence-electron chi connectivity index (χ3n) is 2.04. The number of nitrogens with one attached hydrogen (secondary N) is 1. The minimum absolute atomic E-state index is 0.0617. The lowest BCUT2D eigenvalue weighted by Crippen LogP contribution is -2.26. The van der Waals surface area contributed by atoms with Gasteiger partial charge in [0.25, 0.3) is 0 Å². The molecule has 0 aromatic heterocycles. The molecule has 0 heterocycles. The first-order valence-corrected chi connectivity index (χ1v) is 7.60. The number of nitrogens with two attached hydrogens (primary N) is 1. The van der Waals surface area contributed by atoms with E-state index in [0.29, 0.717) is 13.0 Å². The zero-order valence-electron chi connectivity index (χ0n) is 9.77. The van der Waals surface area contributed by atoms with Crippen LogP contribution in [0.1, 0.15) is 6.42 Å². The Morgan fingerprint density at radius 3 is 2.26 bits per heavy atom. The molecule has 0 radical (unpaired) electrons. The first-order valence-electron chi connectivity index (χ1n) is 5.30. The van der Waals surface area contributed by atoms with Gasteiger partial charge in [0.05, 0.1) is 4.90 Å². The fourth-order valence-corrected chi connectivity index (χ4v) is 2.83. The summed E-state index contributed by atoms with van der Waals surface area (Å²) in [6.07, 6.45) is 0.487. The van der Waals surface area contributed by atoms with Crippen LogP contribution in [0.2, 0.25) is 0 Å². The Hall–Kier alpha value is -0.770. The molecule has 0 saturated heterocycles. The summed E-state index contributed by atoms with van der Waals surface area (Å²) < 4.78 is 62.1. The number of hydrogen-bond donors (Lipinski definition) is 2. The summed E-state index contributed by atoms with van der Waals surface area (Å²) in [4.78, 5) is -0.135. The van der Waals surface area contributed by atoms with Crippen LogP contribution in [0, 0.1) is 0 Å². The third kappa shape index (κ3) is 5.81. The van der Waals surface area contributed by atoms with Crippen LogP contribution in [0.25, 0.3) is 0 Å². The molecule has 0 unspecified atom stereocenters. The Balaban J connectivity index is 2.75. The van der Waals surface area contributed by atoms with Crippen molar-refractivity contribution in [3.05, 3.63) is 24.3 Å². The Morgan fingerprint density at radius 2 is 1.79 bits per heavy atom. The van der Waals surface area contributed by atoms with Gasteiger partial charge in [-0.1, -0.05) is 0 Å². The van der Waals surface area contributed by atoms with Crippen molar-refractivity contribution >= 4 is 21.8 Å². The lowest BCUT2D eigenvalue weighted by Gasteiger charge is -2.08.